The van der Waals surface area contributed by atoms with Crippen LogP contribution in [0.15, 0.2) is 17.8 Å². The lowest BCUT2D eigenvalue weighted by Gasteiger charge is -2.71. The molecule has 4 aliphatic carbocycles. The van der Waals surface area contributed by atoms with E-state index in [4.69, 9.17) is 19.9 Å². The Morgan fingerprint density at radius 3 is 2.42 bits per heavy atom. The number of carbonyl (C=O) groups is 2. The summed E-state index contributed by atoms with van der Waals surface area (Å²) in [5.74, 6) is -0.341. The third kappa shape index (κ3) is 5.11. The fourth-order valence-corrected chi connectivity index (χ4v) is 12.3. The van der Waals surface area contributed by atoms with Crippen LogP contribution in [0.5, 0.6) is 0 Å². The summed E-state index contributed by atoms with van der Waals surface area (Å²) < 4.78 is 20.8. The van der Waals surface area contributed by atoms with Gasteiger partial charge in [0, 0.05) is 11.0 Å². The number of aromatic nitrogens is 3. The van der Waals surface area contributed by atoms with Crippen molar-refractivity contribution >= 4 is 11.9 Å². The Bertz CT molecular complexity index is 1520. The smallest absolute Gasteiger partial charge is 0.358 e. The molecule has 3 saturated carbocycles. The Kier molecular flexibility index (Phi) is 9.29. The van der Waals surface area contributed by atoms with Gasteiger partial charge < -0.3 is 25.1 Å². The van der Waals surface area contributed by atoms with Crippen molar-refractivity contribution < 1.29 is 28.9 Å². The van der Waals surface area contributed by atoms with Crippen molar-refractivity contribution in [1.82, 2.24) is 15.0 Å². The van der Waals surface area contributed by atoms with Crippen LogP contribution in [0.1, 0.15) is 124 Å². The fraction of sp³-hybridized carbons (Fsp3) is 0.850. The molecule has 10 nitrogen and oxygen atoms in total. The molecule has 4 fully saturated rings. The fourth-order valence-electron chi connectivity index (χ4n) is 12.3. The van der Waals surface area contributed by atoms with Gasteiger partial charge in [-0.2, -0.15) is 0 Å². The van der Waals surface area contributed by atoms with Crippen molar-refractivity contribution in [1.29, 1.82) is 0 Å². The van der Waals surface area contributed by atoms with Crippen LogP contribution in [0.2, 0.25) is 0 Å². The van der Waals surface area contributed by atoms with Gasteiger partial charge >= 0.3 is 11.9 Å². The lowest BCUT2D eigenvalue weighted by atomic mass is 9.34. The normalized spacial score (nSPS) is 42.8. The Morgan fingerprint density at radius 2 is 1.80 bits per heavy atom. The number of fused-ring (bicyclic) bond motifs is 3. The second-order valence-corrected chi connectivity index (χ2v) is 19.1. The Hall–Kier alpha value is -2.30. The molecular weight excluding hydrogens is 632 g/mol. The number of carboxylic acid groups (broad SMARTS) is 1. The number of nitrogens with two attached hydrogens (primary N) is 1. The molecule has 1 aromatic rings. The number of hydrogen-bond donors (Lipinski definition) is 2. The molecule has 1 aliphatic heterocycles. The van der Waals surface area contributed by atoms with Gasteiger partial charge in [-0.25, -0.2) is 9.48 Å². The molecule has 0 amide bonds. The highest BCUT2D eigenvalue weighted by atomic mass is 16.5. The highest BCUT2D eigenvalue weighted by Gasteiger charge is 2.73. The molecule has 280 valence electrons. The monoisotopic (exact) mass is 696 g/mol. The van der Waals surface area contributed by atoms with E-state index in [0.29, 0.717) is 44.3 Å². The number of hydrogen-bond acceptors (Lipinski definition) is 8. The van der Waals surface area contributed by atoms with E-state index in [-0.39, 0.29) is 46.0 Å². The van der Waals surface area contributed by atoms with Crippen molar-refractivity contribution in [3.05, 3.63) is 23.5 Å². The molecule has 2 bridgehead atoms. The second-order valence-electron chi connectivity index (χ2n) is 19.1. The lowest BCUT2D eigenvalue weighted by Crippen LogP contribution is -2.70. The predicted octanol–water partition coefficient (Wildman–Crippen LogP) is 6.95. The maximum atomic E-state index is 13.5. The van der Waals surface area contributed by atoms with E-state index in [2.05, 4.69) is 78.7 Å². The molecular formula is C40H64N4O6. The van der Waals surface area contributed by atoms with Crippen molar-refractivity contribution in [3.8, 4) is 0 Å². The van der Waals surface area contributed by atoms with Crippen LogP contribution in [0.4, 0.5) is 0 Å². The molecule has 5 aliphatic rings. The maximum Gasteiger partial charge on any atom is 0.358 e. The molecule has 10 heteroatoms. The van der Waals surface area contributed by atoms with Gasteiger partial charge in [0.15, 0.2) is 5.69 Å². The van der Waals surface area contributed by atoms with E-state index in [0.717, 1.165) is 25.7 Å². The molecule has 3 N–H and O–H groups in total. The first-order valence-corrected chi connectivity index (χ1v) is 19.2. The zero-order chi connectivity index (χ0) is 36.8. The Morgan fingerprint density at radius 1 is 1.10 bits per heavy atom. The van der Waals surface area contributed by atoms with Crippen molar-refractivity contribution in [2.45, 2.75) is 125 Å². The van der Waals surface area contributed by atoms with Crippen LogP contribution in [-0.2, 0) is 19.0 Å². The third-order valence-electron chi connectivity index (χ3n) is 16.2. The van der Waals surface area contributed by atoms with Gasteiger partial charge in [0.1, 0.15) is 0 Å². The molecule has 0 spiro atoms. The van der Waals surface area contributed by atoms with E-state index in [1.54, 1.807) is 4.68 Å². The molecule has 2 heterocycles. The average molecular weight is 697 g/mol. The minimum absolute atomic E-state index is 0.166. The first-order valence-electron chi connectivity index (χ1n) is 19.2. The number of carbonyl (C=O) groups excluding carboxylic acids is 1. The van der Waals surface area contributed by atoms with Gasteiger partial charge in [0.2, 0.25) is 0 Å². The molecule has 0 aromatic carbocycles. The number of rotatable bonds is 9. The van der Waals surface area contributed by atoms with Gasteiger partial charge in [-0.1, -0.05) is 79.2 Å². The average Bonchev–Trinajstić information content (AvgIpc) is 3.53. The number of carboxylic acids is 1. The van der Waals surface area contributed by atoms with E-state index in [1.165, 1.54) is 18.9 Å². The van der Waals surface area contributed by atoms with Crippen LogP contribution < -0.4 is 5.73 Å². The first-order chi connectivity index (χ1) is 23.2. The standard InChI is InChI=1S/C40H64N4O6/c1-23(2)25(5)36(7)16-17-37(8)26-12-13-30-35(6)18-28(44-29(19-42-43-44)34(47)48-11)32(50-21-39(10,41)24(3)4)40(30,22-49-20-35)27(26)14-15-38(37,9)31(36)33(45)46/h14,19,23-26,28,30-32H,12-13,15-18,20-22,41H2,1-11H3,(H,45,46)/t25-,26+,28-,30-,31-,32+,35-,36-,37-,38+,39+,40+/m1/s1. The highest BCUT2D eigenvalue weighted by Crippen LogP contribution is 2.75. The SMILES string of the molecule is COC(=O)c1cnnn1[C@@H]1C[C@]2(C)COC[C@@]3(C4=CC[C@@]5(C)[C@H](C(=O)O)[C@@](C)([C@H](C)C(C)C)CC[C@]5(C)[C@H]4CC[C@H]23)[C@H]1OC[C@](C)(N)C(C)C. The summed E-state index contributed by atoms with van der Waals surface area (Å²) in [5.41, 5.74) is 6.26. The highest BCUT2D eigenvalue weighted by molar-refractivity contribution is 5.87. The molecule has 0 radical (unpaired) electrons. The second kappa shape index (κ2) is 12.4. The van der Waals surface area contributed by atoms with E-state index in [1.807, 2.05) is 6.92 Å². The number of methoxy groups -OCH3 is 1. The van der Waals surface area contributed by atoms with Gasteiger partial charge in [0.25, 0.3) is 0 Å². The van der Waals surface area contributed by atoms with E-state index in [9.17, 15) is 14.7 Å². The quantitative estimate of drug-likeness (QED) is 0.207. The first kappa shape index (κ1) is 37.5. The molecule has 50 heavy (non-hydrogen) atoms. The van der Waals surface area contributed by atoms with Gasteiger partial charge in [0.05, 0.1) is 51.2 Å². The number of nitrogens with zero attached hydrogens (tertiary/aromatic N) is 3. The number of ether oxygens (including phenoxy) is 3. The van der Waals surface area contributed by atoms with Crippen molar-refractivity contribution in [2.24, 2.45) is 68.3 Å². The lowest BCUT2D eigenvalue weighted by molar-refractivity contribution is -0.254. The summed E-state index contributed by atoms with van der Waals surface area (Å²) in [6.07, 6.45) is 8.78. The van der Waals surface area contributed by atoms with Crippen LogP contribution in [0, 0.1) is 62.6 Å². The van der Waals surface area contributed by atoms with E-state index >= 15 is 0 Å². The number of allylic oxidation sites excluding steroid dienone is 1. The molecule has 6 rings (SSSR count). The van der Waals surface area contributed by atoms with Crippen LogP contribution >= 0.6 is 0 Å². The predicted molar refractivity (Wildman–Crippen MR) is 191 cm³/mol. The summed E-state index contributed by atoms with van der Waals surface area (Å²) >= 11 is 0. The largest absolute Gasteiger partial charge is 0.481 e. The summed E-state index contributed by atoms with van der Waals surface area (Å²) in [6.45, 7) is 23.7. The summed E-state index contributed by atoms with van der Waals surface area (Å²) in [7, 11) is 1.38. The summed E-state index contributed by atoms with van der Waals surface area (Å²) in [6, 6.07) is -0.311. The molecule has 0 unspecified atom stereocenters. The third-order valence-corrected chi connectivity index (χ3v) is 16.2. The minimum atomic E-state index is -0.665. The zero-order valence-corrected chi connectivity index (χ0v) is 32.5. The van der Waals surface area contributed by atoms with Crippen molar-refractivity contribution in [2.75, 3.05) is 26.9 Å². The minimum Gasteiger partial charge on any atom is -0.481 e. The van der Waals surface area contributed by atoms with Crippen molar-refractivity contribution in [3.63, 3.8) is 0 Å². The van der Waals surface area contributed by atoms with Crippen LogP contribution in [0.3, 0.4) is 0 Å². The Labute approximate surface area is 299 Å². The summed E-state index contributed by atoms with van der Waals surface area (Å²) in [4.78, 5) is 26.6. The molecule has 1 saturated heterocycles. The van der Waals surface area contributed by atoms with Gasteiger partial charge in [-0.3, -0.25) is 4.79 Å². The molecule has 12 atom stereocenters. The van der Waals surface area contributed by atoms with E-state index < -0.39 is 40.3 Å². The molecule has 1 aromatic heterocycles. The zero-order valence-electron chi connectivity index (χ0n) is 32.5. The maximum absolute atomic E-state index is 13.5. The van der Waals surface area contributed by atoms with Gasteiger partial charge in [-0.05, 0) is 96.7 Å². The van der Waals surface area contributed by atoms with Crippen LogP contribution in [0.25, 0.3) is 0 Å². The topological polar surface area (TPSA) is 139 Å². The number of esters is 1. The number of aliphatic carboxylic acids is 1. The van der Waals surface area contributed by atoms with Gasteiger partial charge in [-0.15, -0.1) is 5.10 Å². The Balaban J connectivity index is 1.54. The van der Waals surface area contributed by atoms with Crippen LogP contribution in [-0.4, -0.2) is 70.6 Å². The summed E-state index contributed by atoms with van der Waals surface area (Å²) in [5, 5.41) is 19.9.